The largest absolute Gasteiger partial charge is 0.313 e. The average molecular weight is 284 g/mol. The molecule has 1 aromatic rings. The van der Waals surface area contributed by atoms with Gasteiger partial charge in [0.15, 0.2) is 0 Å². The summed E-state index contributed by atoms with van der Waals surface area (Å²) >= 11 is 0. The van der Waals surface area contributed by atoms with Gasteiger partial charge in [0.25, 0.3) is 5.69 Å². The zero-order chi connectivity index (χ0) is 14.4. The molecule has 3 unspecified atom stereocenters. The quantitative estimate of drug-likeness (QED) is 0.616. The SMILES string of the molecule is CCNC(CC)C(C)S(=O)c1ccccc1[N+](=O)[O-]. The number of rotatable bonds is 7. The smallest absolute Gasteiger partial charge is 0.285 e. The van der Waals surface area contributed by atoms with Crippen molar-refractivity contribution in [3.05, 3.63) is 34.4 Å². The number of hydrogen-bond donors (Lipinski definition) is 1. The third-order valence-electron chi connectivity index (χ3n) is 3.09. The minimum atomic E-state index is -1.40. The second kappa shape index (κ2) is 7.35. The van der Waals surface area contributed by atoms with Crippen LogP contribution in [0.2, 0.25) is 0 Å². The molecule has 106 valence electrons. The van der Waals surface area contributed by atoms with E-state index in [9.17, 15) is 14.3 Å². The highest BCUT2D eigenvalue weighted by Gasteiger charge is 2.26. The van der Waals surface area contributed by atoms with Crippen molar-refractivity contribution >= 4 is 16.5 Å². The summed E-state index contributed by atoms with van der Waals surface area (Å²) in [6.45, 7) is 6.66. The van der Waals surface area contributed by atoms with E-state index in [4.69, 9.17) is 0 Å². The summed E-state index contributed by atoms with van der Waals surface area (Å²) in [4.78, 5) is 10.8. The molecule has 0 bridgehead atoms. The average Bonchev–Trinajstić information content (AvgIpc) is 2.43. The van der Waals surface area contributed by atoms with Crippen molar-refractivity contribution in [1.29, 1.82) is 0 Å². The first kappa shape index (κ1) is 15.8. The second-order valence-electron chi connectivity index (χ2n) is 4.30. The van der Waals surface area contributed by atoms with Crippen LogP contribution < -0.4 is 5.32 Å². The monoisotopic (exact) mass is 284 g/mol. The predicted octanol–water partition coefficient (Wildman–Crippen LogP) is 2.48. The Balaban J connectivity index is 3.02. The fraction of sp³-hybridized carbons (Fsp3) is 0.538. The van der Waals surface area contributed by atoms with Crippen LogP contribution in [-0.4, -0.2) is 27.0 Å². The van der Waals surface area contributed by atoms with Crippen molar-refractivity contribution in [3.8, 4) is 0 Å². The van der Waals surface area contributed by atoms with E-state index in [0.717, 1.165) is 13.0 Å². The lowest BCUT2D eigenvalue weighted by molar-refractivity contribution is -0.387. The molecule has 0 amide bonds. The molecule has 19 heavy (non-hydrogen) atoms. The summed E-state index contributed by atoms with van der Waals surface area (Å²) in [6, 6.07) is 6.33. The van der Waals surface area contributed by atoms with Crippen molar-refractivity contribution < 1.29 is 9.13 Å². The molecule has 0 saturated carbocycles. The number of nitrogens with one attached hydrogen (secondary N) is 1. The van der Waals surface area contributed by atoms with Gasteiger partial charge in [-0.2, -0.15) is 0 Å². The molecule has 1 N–H and O–H groups in total. The topological polar surface area (TPSA) is 72.2 Å². The summed E-state index contributed by atoms with van der Waals surface area (Å²) in [5.41, 5.74) is -0.0703. The number of nitro benzene ring substituents is 1. The van der Waals surface area contributed by atoms with Crippen LogP contribution in [0, 0.1) is 10.1 Å². The summed E-state index contributed by atoms with van der Waals surface area (Å²) < 4.78 is 12.5. The lowest BCUT2D eigenvalue weighted by atomic mass is 10.2. The van der Waals surface area contributed by atoms with Gasteiger partial charge in [-0.3, -0.25) is 14.3 Å². The Morgan fingerprint density at radius 1 is 1.37 bits per heavy atom. The van der Waals surface area contributed by atoms with Gasteiger partial charge in [-0.25, -0.2) is 0 Å². The lowest BCUT2D eigenvalue weighted by Crippen LogP contribution is -2.40. The van der Waals surface area contributed by atoms with Crippen LogP contribution in [0.25, 0.3) is 0 Å². The fourth-order valence-corrected chi connectivity index (χ4v) is 3.58. The molecule has 1 aromatic carbocycles. The number of nitrogens with zero attached hydrogens (tertiary/aromatic N) is 1. The molecular formula is C13H20N2O3S. The lowest BCUT2D eigenvalue weighted by Gasteiger charge is -2.22. The maximum absolute atomic E-state index is 12.5. The highest BCUT2D eigenvalue weighted by atomic mass is 32.2. The van der Waals surface area contributed by atoms with Gasteiger partial charge in [-0.15, -0.1) is 0 Å². The molecule has 0 aliphatic heterocycles. The molecule has 5 nitrogen and oxygen atoms in total. The van der Waals surface area contributed by atoms with Crippen molar-refractivity contribution in [2.75, 3.05) is 6.54 Å². The van der Waals surface area contributed by atoms with E-state index in [-0.39, 0.29) is 17.0 Å². The number of para-hydroxylation sites is 1. The Morgan fingerprint density at radius 3 is 2.53 bits per heavy atom. The van der Waals surface area contributed by atoms with Crippen LogP contribution in [0.3, 0.4) is 0 Å². The first-order valence-electron chi connectivity index (χ1n) is 6.40. The predicted molar refractivity (Wildman–Crippen MR) is 76.7 cm³/mol. The molecule has 1 rings (SSSR count). The zero-order valence-corrected chi connectivity index (χ0v) is 12.3. The molecule has 3 atom stereocenters. The molecule has 0 fully saturated rings. The molecule has 0 aromatic heterocycles. The minimum Gasteiger partial charge on any atom is -0.313 e. The van der Waals surface area contributed by atoms with Gasteiger partial charge in [0.2, 0.25) is 0 Å². The van der Waals surface area contributed by atoms with Gasteiger partial charge in [0, 0.05) is 12.1 Å². The highest BCUT2D eigenvalue weighted by molar-refractivity contribution is 7.85. The fourth-order valence-electron chi connectivity index (χ4n) is 2.03. The Kier molecular flexibility index (Phi) is 6.11. The minimum absolute atomic E-state index is 0.0703. The van der Waals surface area contributed by atoms with Gasteiger partial charge >= 0.3 is 0 Å². The zero-order valence-electron chi connectivity index (χ0n) is 11.5. The van der Waals surface area contributed by atoms with Crippen molar-refractivity contribution in [2.45, 2.75) is 43.4 Å². The van der Waals surface area contributed by atoms with E-state index in [1.54, 1.807) is 18.2 Å². The van der Waals surface area contributed by atoms with Crippen molar-refractivity contribution in [1.82, 2.24) is 5.32 Å². The first-order valence-corrected chi connectivity index (χ1v) is 7.61. The van der Waals surface area contributed by atoms with E-state index < -0.39 is 15.7 Å². The molecule has 0 radical (unpaired) electrons. The Hall–Kier alpha value is -1.27. The van der Waals surface area contributed by atoms with Crippen molar-refractivity contribution in [2.24, 2.45) is 0 Å². The van der Waals surface area contributed by atoms with Gasteiger partial charge in [0.05, 0.1) is 21.0 Å². The first-order chi connectivity index (χ1) is 9.02. The summed E-state index contributed by atoms with van der Waals surface area (Å²) in [5, 5.41) is 14.1. The van der Waals surface area contributed by atoms with E-state index >= 15 is 0 Å². The van der Waals surface area contributed by atoms with E-state index in [2.05, 4.69) is 5.32 Å². The highest BCUT2D eigenvalue weighted by Crippen LogP contribution is 2.25. The van der Waals surface area contributed by atoms with E-state index in [0.29, 0.717) is 4.90 Å². The van der Waals surface area contributed by atoms with Crippen LogP contribution in [-0.2, 0) is 10.8 Å². The van der Waals surface area contributed by atoms with Crippen LogP contribution in [0.15, 0.2) is 29.2 Å². The molecule has 0 heterocycles. The van der Waals surface area contributed by atoms with Crippen LogP contribution in [0.4, 0.5) is 5.69 Å². The van der Waals surface area contributed by atoms with E-state index in [1.165, 1.54) is 6.07 Å². The van der Waals surface area contributed by atoms with Crippen LogP contribution in [0.5, 0.6) is 0 Å². The maximum Gasteiger partial charge on any atom is 0.285 e. The van der Waals surface area contributed by atoms with E-state index in [1.807, 2.05) is 20.8 Å². The Morgan fingerprint density at radius 2 is 2.00 bits per heavy atom. The molecular weight excluding hydrogens is 264 g/mol. The molecule has 0 aliphatic carbocycles. The van der Waals surface area contributed by atoms with Crippen LogP contribution >= 0.6 is 0 Å². The number of nitro groups is 1. The van der Waals surface area contributed by atoms with Gasteiger partial charge in [-0.05, 0) is 26.0 Å². The van der Waals surface area contributed by atoms with Crippen molar-refractivity contribution in [3.63, 3.8) is 0 Å². The maximum atomic E-state index is 12.5. The Bertz CT molecular complexity index is 465. The molecule has 0 spiro atoms. The third kappa shape index (κ3) is 3.84. The third-order valence-corrected chi connectivity index (χ3v) is 4.87. The number of hydrogen-bond acceptors (Lipinski definition) is 4. The Labute approximate surface area is 116 Å². The molecule has 0 saturated heterocycles. The van der Waals surface area contributed by atoms with Gasteiger partial charge < -0.3 is 5.32 Å². The molecule has 6 heteroatoms. The normalized spacial score (nSPS) is 15.7. The standard InChI is InChI=1S/C13H20N2O3S/c1-4-11(14-5-2)10(3)19(18)13-9-7-6-8-12(13)15(16)17/h6-11,14H,4-5H2,1-3H3. The second-order valence-corrected chi connectivity index (χ2v) is 6.08. The summed E-state index contributed by atoms with van der Waals surface area (Å²) in [7, 11) is -1.40. The number of benzene rings is 1. The molecule has 0 aliphatic rings. The van der Waals surface area contributed by atoms with Gasteiger partial charge in [0.1, 0.15) is 4.90 Å². The summed E-state index contributed by atoms with van der Waals surface area (Å²) in [5.74, 6) is 0. The summed E-state index contributed by atoms with van der Waals surface area (Å²) in [6.07, 6.45) is 0.835. The van der Waals surface area contributed by atoms with Crippen LogP contribution in [0.1, 0.15) is 27.2 Å². The van der Waals surface area contributed by atoms with Gasteiger partial charge in [-0.1, -0.05) is 26.0 Å².